The largest absolute Gasteiger partial charge is 0.384 e. The minimum Gasteiger partial charge on any atom is -0.384 e. The first kappa shape index (κ1) is 12.6. The summed E-state index contributed by atoms with van der Waals surface area (Å²) in [4.78, 5) is 12.5. The van der Waals surface area contributed by atoms with Crippen LogP contribution >= 0.6 is 0 Å². The maximum absolute atomic E-state index is 11.2. The number of rotatable bonds is 2. The van der Waals surface area contributed by atoms with Crippen LogP contribution < -0.4 is 4.90 Å². The summed E-state index contributed by atoms with van der Waals surface area (Å²) in [6, 6.07) is 10.7. The van der Waals surface area contributed by atoms with Gasteiger partial charge in [0.25, 0.3) is 5.69 Å². The molecule has 0 amide bonds. The number of aliphatic hydroxyl groups is 1. The molecule has 1 atom stereocenters. The van der Waals surface area contributed by atoms with Crippen LogP contribution in [0.15, 0.2) is 36.4 Å². The van der Waals surface area contributed by atoms with Crippen molar-refractivity contribution in [3.05, 3.63) is 57.6 Å². The highest BCUT2D eigenvalue weighted by atomic mass is 16.6. The van der Waals surface area contributed by atoms with E-state index in [1.54, 1.807) is 31.1 Å². The highest BCUT2D eigenvalue weighted by molar-refractivity contribution is 5.84. The third-order valence-corrected chi connectivity index (χ3v) is 3.67. The van der Waals surface area contributed by atoms with Crippen molar-refractivity contribution in [1.29, 1.82) is 0 Å². The van der Waals surface area contributed by atoms with Gasteiger partial charge in [-0.3, -0.25) is 10.1 Å². The second-order valence-corrected chi connectivity index (χ2v) is 5.07. The number of anilines is 1. The molecule has 5 heteroatoms. The zero-order valence-corrected chi connectivity index (χ0v) is 11.2. The Morgan fingerprint density at radius 2 is 1.85 bits per heavy atom. The number of hydrogen-bond donors (Lipinski definition) is 1. The Kier molecular flexibility index (Phi) is 2.72. The first-order valence-corrected chi connectivity index (χ1v) is 6.27. The number of fused-ring (bicyclic) bond motifs is 3. The van der Waals surface area contributed by atoms with Gasteiger partial charge in [0.15, 0.2) is 0 Å². The molecule has 0 radical (unpaired) electrons. The fourth-order valence-corrected chi connectivity index (χ4v) is 2.71. The fraction of sp³-hybridized carbons (Fsp3) is 0.200. The normalized spacial score (nSPS) is 15.7. The van der Waals surface area contributed by atoms with Crippen LogP contribution in [0, 0.1) is 10.1 Å². The quantitative estimate of drug-likeness (QED) is 0.673. The minimum absolute atomic E-state index is 0.0534. The molecule has 1 aliphatic carbocycles. The standard InChI is InChI=1S/C15H14N2O3/c1-16(2)13-8-12-11(7-14(13)17(19)20)9-5-3-4-6-10(9)15(12)18/h3-8,15,18H,1-2H3/t15-/m1/s1. The van der Waals surface area contributed by atoms with Crippen LogP contribution in [0.4, 0.5) is 11.4 Å². The molecular weight excluding hydrogens is 256 g/mol. The van der Waals surface area contributed by atoms with Crippen molar-refractivity contribution < 1.29 is 10.0 Å². The SMILES string of the molecule is CN(C)c1cc2c(cc1[N+](=O)[O-])-c1ccccc1[C@H]2O. The summed E-state index contributed by atoms with van der Waals surface area (Å²) in [7, 11) is 3.51. The fourth-order valence-electron chi connectivity index (χ4n) is 2.71. The molecule has 0 saturated heterocycles. The van der Waals surface area contributed by atoms with Gasteiger partial charge in [0.1, 0.15) is 11.8 Å². The molecule has 0 aromatic heterocycles. The number of benzene rings is 2. The average molecular weight is 270 g/mol. The summed E-state index contributed by atoms with van der Waals surface area (Å²) in [6.07, 6.45) is -0.722. The highest BCUT2D eigenvalue weighted by Crippen LogP contribution is 2.47. The number of nitrogens with zero attached hydrogens (tertiary/aromatic N) is 2. The molecule has 1 aliphatic rings. The van der Waals surface area contributed by atoms with E-state index >= 15 is 0 Å². The number of nitro groups is 1. The molecule has 0 bridgehead atoms. The van der Waals surface area contributed by atoms with Crippen molar-refractivity contribution in [3.8, 4) is 11.1 Å². The van der Waals surface area contributed by atoms with Crippen molar-refractivity contribution >= 4 is 11.4 Å². The molecule has 0 fully saturated rings. The predicted molar refractivity (Wildman–Crippen MR) is 76.9 cm³/mol. The Morgan fingerprint density at radius 3 is 2.50 bits per heavy atom. The molecule has 1 N–H and O–H groups in total. The molecular formula is C15H14N2O3. The summed E-state index contributed by atoms with van der Waals surface area (Å²) >= 11 is 0. The van der Waals surface area contributed by atoms with Crippen LogP contribution in [0.3, 0.4) is 0 Å². The Labute approximate surface area is 116 Å². The number of hydrogen-bond acceptors (Lipinski definition) is 4. The minimum atomic E-state index is -0.722. The summed E-state index contributed by atoms with van der Waals surface area (Å²) in [5, 5.41) is 21.6. The molecule has 102 valence electrons. The second-order valence-electron chi connectivity index (χ2n) is 5.07. The molecule has 0 aliphatic heterocycles. The number of aliphatic hydroxyl groups excluding tert-OH is 1. The van der Waals surface area contributed by atoms with Crippen molar-refractivity contribution in [2.45, 2.75) is 6.10 Å². The van der Waals surface area contributed by atoms with Crippen LogP contribution in [0.1, 0.15) is 17.2 Å². The molecule has 2 aromatic rings. The van der Waals surface area contributed by atoms with E-state index < -0.39 is 6.10 Å². The van der Waals surface area contributed by atoms with E-state index in [1.807, 2.05) is 24.3 Å². The first-order valence-electron chi connectivity index (χ1n) is 6.27. The summed E-state index contributed by atoms with van der Waals surface area (Å²) < 4.78 is 0. The zero-order chi connectivity index (χ0) is 14.4. The van der Waals surface area contributed by atoms with Crippen LogP contribution in [-0.2, 0) is 0 Å². The molecule has 5 nitrogen and oxygen atoms in total. The lowest BCUT2D eigenvalue weighted by atomic mass is 10.0. The third kappa shape index (κ3) is 1.67. The van der Waals surface area contributed by atoms with Crippen LogP contribution in [0.25, 0.3) is 11.1 Å². The van der Waals surface area contributed by atoms with Gasteiger partial charge in [0, 0.05) is 20.2 Å². The van der Waals surface area contributed by atoms with E-state index in [2.05, 4.69) is 0 Å². The van der Waals surface area contributed by atoms with E-state index in [-0.39, 0.29) is 10.6 Å². The Balaban J connectivity index is 2.30. The maximum Gasteiger partial charge on any atom is 0.293 e. The van der Waals surface area contributed by atoms with E-state index in [1.165, 1.54) is 0 Å². The van der Waals surface area contributed by atoms with E-state index in [0.717, 1.165) is 22.3 Å². The molecule has 3 rings (SSSR count). The van der Waals surface area contributed by atoms with Gasteiger partial charge in [-0.2, -0.15) is 0 Å². The van der Waals surface area contributed by atoms with Gasteiger partial charge in [-0.25, -0.2) is 0 Å². The summed E-state index contributed by atoms with van der Waals surface area (Å²) in [5.74, 6) is 0. The maximum atomic E-state index is 11.2. The lowest BCUT2D eigenvalue weighted by molar-refractivity contribution is -0.384. The first-order chi connectivity index (χ1) is 9.50. The highest BCUT2D eigenvalue weighted by Gasteiger charge is 2.30. The van der Waals surface area contributed by atoms with E-state index in [0.29, 0.717) is 5.69 Å². The second kappa shape index (κ2) is 4.31. The Hall–Kier alpha value is -2.40. The topological polar surface area (TPSA) is 66.6 Å². The van der Waals surface area contributed by atoms with Gasteiger partial charge in [-0.05, 0) is 28.3 Å². The van der Waals surface area contributed by atoms with Crippen molar-refractivity contribution in [1.82, 2.24) is 0 Å². The van der Waals surface area contributed by atoms with Gasteiger partial charge >= 0.3 is 0 Å². The molecule has 20 heavy (non-hydrogen) atoms. The van der Waals surface area contributed by atoms with Crippen LogP contribution in [-0.4, -0.2) is 24.1 Å². The van der Waals surface area contributed by atoms with Crippen molar-refractivity contribution in [2.24, 2.45) is 0 Å². The van der Waals surface area contributed by atoms with Gasteiger partial charge < -0.3 is 10.0 Å². The van der Waals surface area contributed by atoms with E-state index in [4.69, 9.17) is 0 Å². The van der Waals surface area contributed by atoms with Gasteiger partial charge in [-0.1, -0.05) is 24.3 Å². The summed E-state index contributed by atoms with van der Waals surface area (Å²) in [6.45, 7) is 0. The zero-order valence-electron chi connectivity index (χ0n) is 11.2. The van der Waals surface area contributed by atoms with Gasteiger partial charge in [0.05, 0.1) is 4.92 Å². The van der Waals surface area contributed by atoms with E-state index in [9.17, 15) is 15.2 Å². The predicted octanol–water partition coefficient (Wildman–Crippen LogP) is 2.72. The molecule has 0 spiro atoms. The lowest BCUT2D eigenvalue weighted by Gasteiger charge is -2.15. The molecule has 0 saturated carbocycles. The lowest BCUT2D eigenvalue weighted by Crippen LogP contribution is -2.12. The van der Waals surface area contributed by atoms with Gasteiger partial charge in [0.2, 0.25) is 0 Å². The monoisotopic (exact) mass is 270 g/mol. The average Bonchev–Trinajstić information content (AvgIpc) is 2.71. The molecule has 0 heterocycles. The van der Waals surface area contributed by atoms with Crippen LogP contribution in [0.5, 0.6) is 0 Å². The van der Waals surface area contributed by atoms with Gasteiger partial charge in [-0.15, -0.1) is 0 Å². The third-order valence-electron chi connectivity index (χ3n) is 3.67. The smallest absolute Gasteiger partial charge is 0.293 e. The Morgan fingerprint density at radius 1 is 1.15 bits per heavy atom. The molecule has 2 aromatic carbocycles. The van der Waals surface area contributed by atoms with Crippen LogP contribution in [0.2, 0.25) is 0 Å². The summed E-state index contributed by atoms with van der Waals surface area (Å²) in [5.41, 5.74) is 3.68. The van der Waals surface area contributed by atoms with Crippen molar-refractivity contribution in [2.75, 3.05) is 19.0 Å². The Bertz CT molecular complexity index is 710. The molecule has 0 unspecified atom stereocenters. The number of nitro benzene ring substituents is 1. The van der Waals surface area contributed by atoms with Crippen molar-refractivity contribution in [3.63, 3.8) is 0 Å².